The Balaban J connectivity index is 1.21. The smallest absolute Gasteiger partial charge is 0.279 e. The van der Waals surface area contributed by atoms with Gasteiger partial charge in [0.1, 0.15) is 6.04 Å². The molecule has 0 aliphatic carbocycles. The van der Waals surface area contributed by atoms with Gasteiger partial charge in [0.2, 0.25) is 0 Å². The van der Waals surface area contributed by atoms with Crippen LogP contribution < -0.4 is 15.1 Å². The number of carbonyl (C=O) groups excluding carboxylic acids is 2. The minimum absolute atomic E-state index is 0.0360. The highest BCUT2D eigenvalue weighted by molar-refractivity contribution is 7.10. The number of hydrogen-bond donors (Lipinski definition) is 3. The third kappa shape index (κ3) is 5.28. The topological polar surface area (TPSA) is 58.3 Å². The van der Waals surface area contributed by atoms with Gasteiger partial charge >= 0.3 is 0 Å². The van der Waals surface area contributed by atoms with Crippen LogP contribution in [0.5, 0.6) is 0 Å². The molecule has 1 unspecified atom stereocenters. The molecule has 0 radical (unpaired) electrons. The van der Waals surface area contributed by atoms with Crippen molar-refractivity contribution in [3.63, 3.8) is 0 Å². The number of benzene rings is 1. The van der Waals surface area contributed by atoms with Crippen molar-refractivity contribution in [2.75, 3.05) is 51.1 Å². The van der Waals surface area contributed by atoms with Crippen molar-refractivity contribution >= 4 is 28.8 Å². The molecule has 7 heteroatoms. The van der Waals surface area contributed by atoms with Gasteiger partial charge < -0.3 is 20.0 Å². The zero-order valence-electron chi connectivity index (χ0n) is 17.7. The molecule has 3 N–H and O–H groups in total. The third-order valence-electron chi connectivity index (χ3n) is 6.32. The summed E-state index contributed by atoms with van der Waals surface area (Å²) in [5, 5.41) is 5.10. The molecule has 2 fully saturated rings. The van der Waals surface area contributed by atoms with E-state index in [4.69, 9.17) is 0 Å². The predicted molar refractivity (Wildman–Crippen MR) is 119 cm³/mol. The molecule has 2 aliphatic heterocycles. The second kappa shape index (κ2) is 9.73. The summed E-state index contributed by atoms with van der Waals surface area (Å²) in [6.45, 7) is 7.29. The van der Waals surface area contributed by atoms with Gasteiger partial charge in [-0.3, -0.25) is 9.59 Å². The molecule has 2 saturated heterocycles. The number of aryl methyl sites for hydroxylation is 1. The first-order valence-corrected chi connectivity index (χ1v) is 11.8. The fourth-order valence-electron chi connectivity index (χ4n) is 4.58. The summed E-state index contributed by atoms with van der Waals surface area (Å²) in [4.78, 5) is 31.3. The van der Waals surface area contributed by atoms with Crippen LogP contribution in [0.1, 0.15) is 29.3 Å². The van der Waals surface area contributed by atoms with E-state index in [1.807, 2.05) is 36.1 Å². The Morgan fingerprint density at radius 3 is 2.57 bits per heavy atom. The Kier molecular flexibility index (Phi) is 6.82. The Morgan fingerprint density at radius 2 is 1.87 bits per heavy atom. The number of anilines is 1. The lowest BCUT2D eigenvalue weighted by molar-refractivity contribution is -0.911. The highest BCUT2D eigenvalue weighted by Gasteiger charge is 2.34. The fraction of sp³-hybridized carbons (Fsp3) is 0.478. The Bertz CT molecular complexity index is 845. The Labute approximate surface area is 182 Å². The number of hydrogen-bond acceptors (Lipinski definition) is 3. The number of likely N-dealkylation sites (tertiary alicyclic amines) is 1. The lowest BCUT2D eigenvalue weighted by Crippen LogP contribution is -3.16. The number of amides is 2. The maximum atomic E-state index is 12.9. The standard InChI is InChI=1S/C23H30N4O2S/c1-18-6-8-19(9-7-18)24-22(28)16-25-11-13-26(14-12-25)23(29)17-27-10-2-4-20(27)21-5-3-15-30-21/h3,5-9,15,20H,2,4,10-14,16-17H2,1H3,(H,24,28)/p+2/t20-/m1/s1. The molecule has 160 valence electrons. The molecule has 2 atom stereocenters. The zero-order chi connectivity index (χ0) is 20.9. The maximum Gasteiger partial charge on any atom is 0.279 e. The molecule has 2 amide bonds. The van der Waals surface area contributed by atoms with Gasteiger partial charge in [-0.25, -0.2) is 0 Å². The highest BCUT2D eigenvalue weighted by Crippen LogP contribution is 2.23. The van der Waals surface area contributed by atoms with E-state index in [0.717, 1.165) is 38.4 Å². The average molecular weight is 429 g/mol. The first-order valence-electron chi connectivity index (χ1n) is 10.9. The second-order valence-electron chi connectivity index (χ2n) is 8.52. The summed E-state index contributed by atoms with van der Waals surface area (Å²) in [5.74, 6) is 0.297. The minimum Gasteiger partial charge on any atom is -0.327 e. The van der Waals surface area contributed by atoms with Gasteiger partial charge in [-0.05, 0) is 30.5 Å². The number of thiophene rings is 1. The van der Waals surface area contributed by atoms with Crippen LogP contribution in [0.25, 0.3) is 0 Å². The van der Waals surface area contributed by atoms with Crippen LogP contribution >= 0.6 is 11.3 Å². The van der Waals surface area contributed by atoms with E-state index in [-0.39, 0.29) is 11.8 Å². The van der Waals surface area contributed by atoms with Crippen molar-refractivity contribution in [1.29, 1.82) is 0 Å². The molecule has 6 nitrogen and oxygen atoms in total. The number of rotatable bonds is 6. The van der Waals surface area contributed by atoms with E-state index in [9.17, 15) is 9.59 Å². The van der Waals surface area contributed by atoms with Crippen LogP contribution in [0.2, 0.25) is 0 Å². The molecule has 0 saturated carbocycles. The number of nitrogens with zero attached hydrogens (tertiary/aromatic N) is 1. The number of quaternary nitrogens is 2. The molecule has 3 heterocycles. The summed E-state index contributed by atoms with van der Waals surface area (Å²) in [5.41, 5.74) is 2.02. The third-order valence-corrected chi connectivity index (χ3v) is 7.30. The normalized spacial score (nSPS) is 22.2. The molecular formula is C23H32N4O2S+2. The van der Waals surface area contributed by atoms with E-state index < -0.39 is 0 Å². The summed E-state index contributed by atoms with van der Waals surface area (Å²) in [7, 11) is 0. The van der Waals surface area contributed by atoms with Gasteiger partial charge in [0.05, 0.1) is 37.6 Å². The number of carbonyl (C=O) groups is 2. The largest absolute Gasteiger partial charge is 0.327 e. The summed E-state index contributed by atoms with van der Waals surface area (Å²) < 4.78 is 0. The number of piperazine rings is 1. The van der Waals surface area contributed by atoms with Crippen molar-refractivity contribution in [1.82, 2.24) is 4.90 Å². The molecular weight excluding hydrogens is 396 g/mol. The van der Waals surface area contributed by atoms with Crippen molar-refractivity contribution < 1.29 is 19.4 Å². The Hall–Kier alpha value is -2.22. The fourth-order valence-corrected chi connectivity index (χ4v) is 5.50. The molecule has 0 bridgehead atoms. The van der Waals surface area contributed by atoms with Gasteiger partial charge in [-0.15, -0.1) is 11.3 Å². The quantitative estimate of drug-likeness (QED) is 0.613. The molecule has 1 aromatic heterocycles. The lowest BCUT2D eigenvalue weighted by Gasteiger charge is -2.32. The van der Waals surface area contributed by atoms with E-state index in [1.165, 1.54) is 33.1 Å². The van der Waals surface area contributed by atoms with Gasteiger partial charge in [-0.2, -0.15) is 0 Å². The molecule has 4 rings (SSSR count). The van der Waals surface area contributed by atoms with E-state index in [0.29, 0.717) is 19.1 Å². The summed E-state index contributed by atoms with van der Waals surface area (Å²) in [6.07, 6.45) is 2.37. The van der Waals surface area contributed by atoms with Gasteiger partial charge in [-0.1, -0.05) is 23.8 Å². The SMILES string of the molecule is Cc1ccc(NC(=O)C[NH+]2CCN(C(=O)C[NH+]3CCC[C@@H]3c3cccs3)CC2)cc1. The van der Waals surface area contributed by atoms with E-state index in [2.05, 4.69) is 22.8 Å². The molecule has 1 aromatic carbocycles. The molecule has 2 aromatic rings. The van der Waals surface area contributed by atoms with Crippen LogP contribution in [-0.2, 0) is 9.59 Å². The summed E-state index contributed by atoms with van der Waals surface area (Å²) >= 11 is 1.81. The van der Waals surface area contributed by atoms with E-state index >= 15 is 0 Å². The first-order chi connectivity index (χ1) is 14.6. The molecule has 2 aliphatic rings. The van der Waals surface area contributed by atoms with Gasteiger partial charge in [0.25, 0.3) is 11.8 Å². The molecule has 30 heavy (non-hydrogen) atoms. The first kappa shape index (κ1) is 21.0. The highest BCUT2D eigenvalue weighted by atomic mass is 32.1. The average Bonchev–Trinajstić information content (AvgIpc) is 3.42. The predicted octanol–water partition coefficient (Wildman–Crippen LogP) is 0.142. The van der Waals surface area contributed by atoms with Crippen molar-refractivity contribution in [3.8, 4) is 0 Å². The van der Waals surface area contributed by atoms with Crippen molar-refractivity contribution in [3.05, 3.63) is 52.2 Å². The minimum atomic E-state index is 0.0360. The van der Waals surface area contributed by atoms with Crippen molar-refractivity contribution in [2.24, 2.45) is 0 Å². The van der Waals surface area contributed by atoms with Crippen LogP contribution in [-0.4, -0.2) is 62.5 Å². The monoisotopic (exact) mass is 428 g/mol. The van der Waals surface area contributed by atoms with Gasteiger partial charge in [0, 0.05) is 18.5 Å². The van der Waals surface area contributed by atoms with Crippen LogP contribution in [0.15, 0.2) is 41.8 Å². The maximum absolute atomic E-state index is 12.9. The van der Waals surface area contributed by atoms with Crippen LogP contribution in [0.3, 0.4) is 0 Å². The lowest BCUT2D eigenvalue weighted by atomic mass is 10.2. The number of nitrogens with one attached hydrogen (secondary N) is 3. The van der Waals surface area contributed by atoms with Crippen LogP contribution in [0, 0.1) is 6.92 Å². The molecule has 0 spiro atoms. The summed E-state index contributed by atoms with van der Waals surface area (Å²) in [6, 6.07) is 12.7. The Morgan fingerprint density at radius 1 is 1.10 bits per heavy atom. The zero-order valence-corrected chi connectivity index (χ0v) is 18.5. The van der Waals surface area contributed by atoms with E-state index in [1.54, 1.807) is 11.3 Å². The van der Waals surface area contributed by atoms with Crippen molar-refractivity contribution in [2.45, 2.75) is 25.8 Å². The second-order valence-corrected chi connectivity index (χ2v) is 9.50. The van der Waals surface area contributed by atoms with Gasteiger partial charge in [0.15, 0.2) is 13.1 Å². The van der Waals surface area contributed by atoms with Crippen LogP contribution in [0.4, 0.5) is 5.69 Å².